The number of ether oxygens (including phenoxy) is 2. The second kappa shape index (κ2) is 9.99. The van der Waals surface area contributed by atoms with Gasteiger partial charge in [0, 0.05) is 0 Å². The molecular weight excluding hydrogens is 446 g/mol. The van der Waals surface area contributed by atoms with Gasteiger partial charge in [0.25, 0.3) is 0 Å². The first kappa shape index (κ1) is 23.4. The Morgan fingerprint density at radius 2 is 2.03 bits per heavy atom. The molecule has 13 heteroatoms. The molecule has 0 aliphatic carbocycles. The number of carbonyl (C=O) groups is 2. The topological polar surface area (TPSA) is 187 Å². The summed E-state index contributed by atoms with van der Waals surface area (Å²) < 4.78 is 12.3. The summed E-state index contributed by atoms with van der Waals surface area (Å²) >= 11 is 0. The lowest BCUT2D eigenvalue weighted by Gasteiger charge is -2.23. The van der Waals surface area contributed by atoms with E-state index in [1.165, 1.54) is 24.1 Å². The van der Waals surface area contributed by atoms with Gasteiger partial charge >= 0.3 is 6.09 Å². The van der Waals surface area contributed by atoms with Crippen molar-refractivity contribution in [3.8, 4) is 0 Å². The third kappa shape index (κ3) is 4.76. The Morgan fingerprint density at radius 3 is 2.76 bits per heavy atom. The summed E-state index contributed by atoms with van der Waals surface area (Å²) in [4.78, 5) is 36.9. The minimum atomic E-state index is -1.26. The fourth-order valence-corrected chi connectivity index (χ4v) is 3.66. The average molecular weight is 471 g/mol. The van der Waals surface area contributed by atoms with Gasteiger partial charge in [0.15, 0.2) is 17.7 Å². The van der Waals surface area contributed by atoms with E-state index in [2.05, 4.69) is 25.6 Å². The van der Waals surface area contributed by atoms with Crippen LogP contribution in [0.4, 0.5) is 10.6 Å². The Morgan fingerprint density at radius 1 is 1.26 bits per heavy atom. The first-order valence-corrected chi connectivity index (χ1v) is 10.5. The van der Waals surface area contributed by atoms with Crippen molar-refractivity contribution in [3.05, 3.63) is 48.5 Å². The number of benzene rings is 1. The molecule has 2 aromatic heterocycles. The van der Waals surface area contributed by atoms with Gasteiger partial charge in [0.2, 0.25) is 5.91 Å². The molecule has 1 aliphatic heterocycles. The number of nitrogens with zero attached hydrogens (tertiary/aromatic N) is 4. The summed E-state index contributed by atoms with van der Waals surface area (Å²) in [7, 11) is 0. The van der Waals surface area contributed by atoms with Crippen LogP contribution < -0.4 is 16.4 Å². The van der Waals surface area contributed by atoms with Gasteiger partial charge in [0.05, 0.1) is 19.0 Å². The Hall–Kier alpha value is -3.81. The van der Waals surface area contributed by atoms with E-state index in [1.54, 1.807) is 12.1 Å². The van der Waals surface area contributed by atoms with E-state index in [9.17, 15) is 19.8 Å². The summed E-state index contributed by atoms with van der Waals surface area (Å²) in [6.07, 6.45) is -1.31. The number of hydrogen-bond donors (Lipinski definition) is 5. The molecule has 1 saturated heterocycles. The van der Waals surface area contributed by atoms with Crippen LogP contribution in [0.25, 0.3) is 11.2 Å². The van der Waals surface area contributed by atoms with Crippen molar-refractivity contribution in [1.29, 1.82) is 0 Å². The van der Waals surface area contributed by atoms with Crippen LogP contribution in [-0.4, -0.2) is 72.6 Å². The number of imidazole rings is 1. The quantitative estimate of drug-likeness (QED) is 0.299. The largest absolute Gasteiger partial charge is 0.445 e. The molecule has 4 rings (SSSR count). The Bertz CT molecular complexity index is 1160. The van der Waals surface area contributed by atoms with Gasteiger partial charge in [0.1, 0.15) is 36.7 Å². The van der Waals surface area contributed by atoms with Crippen molar-refractivity contribution in [1.82, 2.24) is 30.2 Å². The predicted octanol–water partition coefficient (Wildman–Crippen LogP) is -0.541. The monoisotopic (exact) mass is 471 g/mol. The van der Waals surface area contributed by atoms with Crippen LogP contribution in [0.15, 0.2) is 43.0 Å². The Labute approximate surface area is 193 Å². The maximum Gasteiger partial charge on any atom is 0.408 e. The average Bonchev–Trinajstić information content (AvgIpc) is 3.40. The lowest BCUT2D eigenvalue weighted by molar-refractivity contribution is -0.124. The maximum absolute atomic E-state index is 12.7. The van der Waals surface area contributed by atoms with Gasteiger partial charge in [-0.2, -0.15) is 0 Å². The molecule has 13 nitrogen and oxygen atoms in total. The molecule has 1 fully saturated rings. The second-order valence-corrected chi connectivity index (χ2v) is 7.78. The molecule has 0 bridgehead atoms. The van der Waals surface area contributed by atoms with Crippen LogP contribution in [0.5, 0.6) is 0 Å². The smallest absolute Gasteiger partial charge is 0.408 e. The van der Waals surface area contributed by atoms with Crippen LogP contribution in [0.2, 0.25) is 0 Å². The Kier molecular flexibility index (Phi) is 6.86. The molecule has 0 saturated carbocycles. The van der Waals surface area contributed by atoms with Gasteiger partial charge in [-0.15, -0.1) is 0 Å². The molecule has 1 aliphatic rings. The number of nitrogens with two attached hydrogens (primary N) is 1. The number of aliphatic hydroxyl groups excluding tert-OH is 2. The lowest BCUT2D eigenvalue weighted by Crippen LogP contribution is -2.54. The van der Waals surface area contributed by atoms with E-state index in [4.69, 9.17) is 15.2 Å². The zero-order chi connectivity index (χ0) is 24.2. The standard InChI is InChI=1S/C21H25N7O6/c1-11(26-21(32)33-8-12-5-3-2-4-6-12)19(31)27-14-13(7-29)34-20(16(14)30)28-10-25-15-17(22)23-9-24-18(15)28/h2-6,9-11,13-14,16,20,29-30H,7-8H2,1H3,(H,26,32)(H,27,31)(H2,22,23,24)/t11-,13+,14-,16-,20+/m1/s1. The van der Waals surface area contributed by atoms with E-state index in [0.29, 0.717) is 11.2 Å². The highest BCUT2D eigenvalue weighted by Crippen LogP contribution is 2.31. The summed E-state index contributed by atoms with van der Waals surface area (Å²) in [5, 5.41) is 25.7. The number of nitrogen functional groups attached to an aromatic ring is 1. The van der Waals surface area contributed by atoms with E-state index in [1.807, 2.05) is 18.2 Å². The van der Waals surface area contributed by atoms with E-state index in [-0.39, 0.29) is 12.4 Å². The number of amides is 2. The summed E-state index contributed by atoms with van der Waals surface area (Å²) in [5.74, 6) is -0.427. The highest BCUT2D eigenvalue weighted by molar-refractivity contribution is 5.85. The number of fused-ring (bicyclic) bond motifs is 1. The van der Waals surface area contributed by atoms with Crippen LogP contribution in [-0.2, 0) is 20.9 Å². The first-order valence-electron chi connectivity index (χ1n) is 10.5. The van der Waals surface area contributed by atoms with Crippen LogP contribution >= 0.6 is 0 Å². The number of carbonyl (C=O) groups excluding carboxylic acids is 2. The fraction of sp³-hybridized carbons (Fsp3) is 0.381. The lowest BCUT2D eigenvalue weighted by atomic mass is 10.1. The van der Waals surface area contributed by atoms with E-state index >= 15 is 0 Å². The number of nitrogens with one attached hydrogen (secondary N) is 2. The summed E-state index contributed by atoms with van der Waals surface area (Å²) in [6, 6.07) is 7.15. The van der Waals surface area contributed by atoms with Crippen LogP contribution in [0, 0.1) is 0 Å². The van der Waals surface area contributed by atoms with Gasteiger partial charge in [-0.1, -0.05) is 30.3 Å². The number of rotatable bonds is 7. The van der Waals surface area contributed by atoms with Crippen LogP contribution in [0.1, 0.15) is 18.7 Å². The number of aromatic nitrogens is 4. The number of aliphatic hydroxyl groups is 2. The molecule has 0 spiro atoms. The van der Waals surface area contributed by atoms with Gasteiger partial charge < -0.3 is 36.1 Å². The predicted molar refractivity (Wildman–Crippen MR) is 118 cm³/mol. The SMILES string of the molecule is C[C@@H](NC(=O)OCc1ccccc1)C(=O)N[C@H]1[C@@H](O)[C@@H](n2cnc3c(N)ncnc32)O[C@H]1CO. The van der Waals surface area contributed by atoms with E-state index < -0.39 is 49.1 Å². The van der Waals surface area contributed by atoms with Crippen molar-refractivity contribution < 1.29 is 29.3 Å². The molecule has 0 unspecified atom stereocenters. The molecule has 5 atom stereocenters. The number of anilines is 1. The summed E-state index contributed by atoms with van der Waals surface area (Å²) in [6.45, 7) is 1.05. The normalized spacial score (nSPS) is 22.9. The number of alkyl carbamates (subject to hydrolysis) is 1. The van der Waals surface area contributed by atoms with Crippen molar-refractivity contribution >= 4 is 29.0 Å². The zero-order valence-corrected chi connectivity index (χ0v) is 18.2. The minimum Gasteiger partial charge on any atom is -0.445 e. The summed E-state index contributed by atoms with van der Waals surface area (Å²) in [5.41, 5.74) is 7.27. The molecule has 2 amide bonds. The van der Waals surface area contributed by atoms with Gasteiger partial charge in [-0.3, -0.25) is 9.36 Å². The molecular formula is C21H25N7O6. The number of hydrogen-bond acceptors (Lipinski definition) is 10. The molecule has 1 aromatic carbocycles. The van der Waals surface area contributed by atoms with Gasteiger partial charge in [-0.05, 0) is 12.5 Å². The first-order chi connectivity index (χ1) is 16.4. The maximum atomic E-state index is 12.7. The molecule has 3 aromatic rings. The molecule has 6 N–H and O–H groups in total. The molecule has 0 radical (unpaired) electrons. The minimum absolute atomic E-state index is 0.0530. The fourth-order valence-electron chi connectivity index (χ4n) is 3.66. The zero-order valence-electron chi connectivity index (χ0n) is 18.2. The highest BCUT2D eigenvalue weighted by atomic mass is 16.6. The third-order valence-electron chi connectivity index (χ3n) is 5.47. The molecule has 34 heavy (non-hydrogen) atoms. The van der Waals surface area contributed by atoms with Crippen molar-refractivity contribution in [2.45, 2.75) is 44.1 Å². The van der Waals surface area contributed by atoms with Crippen molar-refractivity contribution in [2.75, 3.05) is 12.3 Å². The molecule has 3 heterocycles. The van der Waals surface area contributed by atoms with Crippen molar-refractivity contribution in [3.63, 3.8) is 0 Å². The molecule has 180 valence electrons. The van der Waals surface area contributed by atoms with Crippen LogP contribution in [0.3, 0.4) is 0 Å². The third-order valence-corrected chi connectivity index (χ3v) is 5.47. The van der Waals surface area contributed by atoms with Crippen molar-refractivity contribution in [2.24, 2.45) is 0 Å². The highest BCUT2D eigenvalue weighted by Gasteiger charge is 2.46. The second-order valence-electron chi connectivity index (χ2n) is 7.78. The van der Waals surface area contributed by atoms with Gasteiger partial charge in [-0.25, -0.2) is 19.7 Å². The van der Waals surface area contributed by atoms with E-state index in [0.717, 1.165) is 5.56 Å². The Balaban J connectivity index is 1.38.